The van der Waals surface area contributed by atoms with Crippen LogP contribution in [0.25, 0.3) is 0 Å². The third kappa shape index (κ3) is 6.75. The molecular weight excluding hydrogens is 358 g/mol. The number of hydrogen-bond acceptors (Lipinski definition) is 5. The van der Waals surface area contributed by atoms with Gasteiger partial charge in [0.2, 0.25) is 11.8 Å². The van der Waals surface area contributed by atoms with Gasteiger partial charge in [-0.2, -0.15) is 5.10 Å². The Labute approximate surface area is 164 Å². The lowest BCUT2D eigenvalue weighted by Crippen LogP contribution is -2.21. The maximum Gasteiger partial charge on any atom is 0.240 e. The third-order valence-electron chi connectivity index (χ3n) is 3.63. The molecule has 0 aliphatic carbocycles. The van der Waals surface area contributed by atoms with Crippen molar-refractivity contribution >= 4 is 23.7 Å². The van der Waals surface area contributed by atoms with E-state index in [0.717, 1.165) is 5.56 Å². The molecule has 0 saturated heterocycles. The van der Waals surface area contributed by atoms with Gasteiger partial charge >= 0.3 is 0 Å². The number of para-hydroxylation sites is 3. The van der Waals surface area contributed by atoms with Crippen LogP contribution >= 0.6 is 0 Å². The summed E-state index contributed by atoms with van der Waals surface area (Å²) in [5.74, 6) is 0.617. The molecule has 0 heterocycles. The number of ether oxygens (including phenoxy) is 2. The molecular formula is C21H25N3O4. The Morgan fingerprint density at radius 3 is 2.36 bits per heavy atom. The molecule has 2 N–H and O–H groups in total. The molecule has 2 aromatic rings. The summed E-state index contributed by atoms with van der Waals surface area (Å²) in [5, 5.41) is 6.67. The molecule has 7 nitrogen and oxygen atoms in total. The summed E-state index contributed by atoms with van der Waals surface area (Å²) in [4.78, 5) is 23.9. The highest BCUT2D eigenvalue weighted by Gasteiger charge is 2.09. The molecule has 148 valence electrons. The van der Waals surface area contributed by atoms with E-state index in [4.69, 9.17) is 9.47 Å². The Balaban J connectivity index is 1.81. The fourth-order valence-corrected chi connectivity index (χ4v) is 2.37. The molecule has 0 aliphatic heterocycles. The SMILES string of the molecule is COc1ccccc1NC(=O)CCC(=O)NN=Cc1ccccc1OC(C)C. The normalized spacial score (nSPS) is 10.7. The van der Waals surface area contributed by atoms with Crippen LogP contribution in [0.3, 0.4) is 0 Å². The molecule has 0 radical (unpaired) electrons. The molecule has 2 rings (SSSR count). The van der Waals surface area contributed by atoms with Gasteiger partial charge in [-0.05, 0) is 38.1 Å². The van der Waals surface area contributed by atoms with Gasteiger partial charge in [-0.1, -0.05) is 24.3 Å². The minimum atomic E-state index is -0.353. The second-order valence-corrected chi connectivity index (χ2v) is 6.25. The van der Waals surface area contributed by atoms with Gasteiger partial charge in [-0.25, -0.2) is 5.43 Å². The second kappa shape index (κ2) is 10.7. The zero-order valence-electron chi connectivity index (χ0n) is 16.3. The number of anilines is 1. The van der Waals surface area contributed by atoms with Gasteiger partial charge in [0.25, 0.3) is 0 Å². The van der Waals surface area contributed by atoms with E-state index >= 15 is 0 Å². The average molecular weight is 383 g/mol. The number of rotatable bonds is 9. The van der Waals surface area contributed by atoms with Crippen LogP contribution in [0.5, 0.6) is 11.5 Å². The smallest absolute Gasteiger partial charge is 0.240 e. The van der Waals surface area contributed by atoms with Gasteiger partial charge in [0, 0.05) is 18.4 Å². The minimum Gasteiger partial charge on any atom is -0.495 e. The summed E-state index contributed by atoms with van der Waals surface area (Å²) in [6.45, 7) is 3.87. The summed E-state index contributed by atoms with van der Waals surface area (Å²) in [7, 11) is 1.53. The molecule has 0 aliphatic rings. The van der Waals surface area contributed by atoms with Gasteiger partial charge in [0.15, 0.2) is 0 Å². The Kier molecular flexibility index (Phi) is 8.02. The van der Waals surface area contributed by atoms with Crippen molar-refractivity contribution in [2.45, 2.75) is 32.8 Å². The predicted octanol–water partition coefficient (Wildman–Crippen LogP) is 3.35. The van der Waals surface area contributed by atoms with Crippen LogP contribution in [0, 0.1) is 0 Å². The second-order valence-electron chi connectivity index (χ2n) is 6.25. The van der Waals surface area contributed by atoms with Crippen LogP contribution < -0.4 is 20.2 Å². The number of amides is 2. The van der Waals surface area contributed by atoms with Crippen molar-refractivity contribution < 1.29 is 19.1 Å². The molecule has 28 heavy (non-hydrogen) atoms. The van der Waals surface area contributed by atoms with Gasteiger partial charge < -0.3 is 14.8 Å². The van der Waals surface area contributed by atoms with E-state index < -0.39 is 0 Å². The molecule has 2 amide bonds. The number of nitrogens with zero attached hydrogens (tertiary/aromatic N) is 1. The minimum absolute atomic E-state index is 0.0163. The third-order valence-corrected chi connectivity index (χ3v) is 3.63. The molecule has 2 aromatic carbocycles. The number of nitrogens with one attached hydrogen (secondary N) is 2. The summed E-state index contributed by atoms with van der Waals surface area (Å²) in [6.07, 6.45) is 1.60. The first kappa shape index (κ1) is 21.0. The van der Waals surface area contributed by atoms with Gasteiger partial charge in [-0.15, -0.1) is 0 Å². The fraction of sp³-hybridized carbons (Fsp3) is 0.286. The zero-order valence-corrected chi connectivity index (χ0v) is 16.3. The quantitative estimate of drug-likeness (QED) is 0.513. The summed E-state index contributed by atoms with van der Waals surface area (Å²) in [5.41, 5.74) is 3.74. The van der Waals surface area contributed by atoms with Crippen LogP contribution in [-0.2, 0) is 9.59 Å². The first-order valence-electron chi connectivity index (χ1n) is 9.00. The monoisotopic (exact) mass is 383 g/mol. The van der Waals surface area contributed by atoms with Crippen molar-refractivity contribution in [1.29, 1.82) is 0 Å². The number of carbonyl (C=O) groups is 2. The van der Waals surface area contributed by atoms with Crippen LogP contribution in [0.15, 0.2) is 53.6 Å². The van der Waals surface area contributed by atoms with E-state index in [-0.39, 0.29) is 30.8 Å². The molecule has 0 atom stereocenters. The van der Waals surface area contributed by atoms with Gasteiger partial charge in [0.05, 0.1) is 25.1 Å². The maximum absolute atomic E-state index is 12.0. The number of carbonyl (C=O) groups excluding carboxylic acids is 2. The zero-order chi connectivity index (χ0) is 20.4. The molecule has 0 fully saturated rings. The highest BCUT2D eigenvalue weighted by atomic mass is 16.5. The Morgan fingerprint density at radius 1 is 1.00 bits per heavy atom. The van der Waals surface area contributed by atoms with E-state index in [1.54, 1.807) is 18.2 Å². The first-order chi connectivity index (χ1) is 13.5. The predicted molar refractivity (Wildman–Crippen MR) is 109 cm³/mol. The maximum atomic E-state index is 12.0. The van der Waals surface area contributed by atoms with E-state index in [0.29, 0.717) is 17.2 Å². The molecule has 0 aromatic heterocycles. The van der Waals surface area contributed by atoms with Crippen molar-refractivity contribution in [2.75, 3.05) is 12.4 Å². The Morgan fingerprint density at radius 2 is 1.64 bits per heavy atom. The van der Waals surface area contributed by atoms with Crippen molar-refractivity contribution in [3.05, 3.63) is 54.1 Å². The van der Waals surface area contributed by atoms with Gasteiger partial charge in [0.1, 0.15) is 11.5 Å². The van der Waals surface area contributed by atoms with Crippen molar-refractivity contribution in [3.63, 3.8) is 0 Å². The van der Waals surface area contributed by atoms with Crippen molar-refractivity contribution in [1.82, 2.24) is 5.43 Å². The van der Waals surface area contributed by atoms with Crippen molar-refractivity contribution in [3.8, 4) is 11.5 Å². The van der Waals surface area contributed by atoms with Crippen molar-refractivity contribution in [2.24, 2.45) is 5.10 Å². The van der Waals surface area contributed by atoms with E-state index in [1.165, 1.54) is 13.3 Å². The number of methoxy groups -OCH3 is 1. The highest BCUT2D eigenvalue weighted by Crippen LogP contribution is 2.23. The fourth-order valence-electron chi connectivity index (χ4n) is 2.37. The Bertz CT molecular complexity index is 834. The molecule has 0 unspecified atom stereocenters. The van der Waals surface area contributed by atoms with Crippen LogP contribution in [0.2, 0.25) is 0 Å². The number of hydrazone groups is 1. The van der Waals surface area contributed by atoms with Crippen LogP contribution in [0.4, 0.5) is 5.69 Å². The lowest BCUT2D eigenvalue weighted by atomic mass is 10.2. The topological polar surface area (TPSA) is 89.0 Å². The largest absolute Gasteiger partial charge is 0.495 e. The van der Waals surface area contributed by atoms with Gasteiger partial charge in [-0.3, -0.25) is 9.59 Å². The molecule has 0 saturated carbocycles. The van der Waals surface area contributed by atoms with E-state index in [9.17, 15) is 9.59 Å². The standard InChI is InChI=1S/C21H25N3O4/c1-15(2)28-18-10-6-4-8-16(18)14-22-24-21(26)13-12-20(25)23-17-9-5-7-11-19(17)27-3/h4-11,14-15H,12-13H2,1-3H3,(H,23,25)(H,24,26). The average Bonchev–Trinajstić information content (AvgIpc) is 2.68. The summed E-state index contributed by atoms with van der Waals surface area (Å²) >= 11 is 0. The lowest BCUT2D eigenvalue weighted by Gasteiger charge is -2.11. The number of benzene rings is 2. The van der Waals surface area contributed by atoms with Crippen LogP contribution in [-0.4, -0.2) is 31.2 Å². The Hall–Kier alpha value is -3.35. The van der Waals surface area contributed by atoms with E-state index in [2.05, 4.69) is 15.8 Å². The molecule has 0 spiro atoms. The summed E-state index contributed by atoms with van der Waals surface area (Å²) in [6, 6.07) is 14.5. The lowest BCUT2D eigenvalue weighted by molar-refractivity contribution is -0.124. The van der Waals surface area contributed by atoms with Crippen LogP contribution in [0.1, 0.15) is 32.3 Å². The van der Waals surface area contributed by atoms with E-state index in [1.807, 2.05) is 44.2 Å². The molecule has 0 bridgehead atoms. The summed E-state index contributed by atoms with van der Waals surface area (Å²) < 4.78 is 10.9. The first-order valence-corrected chi connectivity index (χ1v) is 9.00. The number of hydrogen-bond donors (Lipinski definition) is 2. The highest BCUT2D eigenvalue weighted by molar-refractivity contribution is 5.94. The molecule has 7 heteroatoms.